The lowest BCUT2D eigenvalue weighted by atomic mass is 10.2. The fraction of sp³-hybridized carbons (Fsp3) is 0.353. The number of halogens is 3. The summed E-state index contributed by atoms with van der Waals surface area (Å²) in [7, 11) is 1.54. The molecule has 0 radical (unpaired) electrons. The third-order valence-corrected chi connectivity index (χ3v) is 4.30. The number of aliphatic imine (C=N–C) groups is 1. The Morgan fingerprint density at radius 3 is 2.52 bits per heavy atom. The van der Waals surface area contributed by atoms with Crippen LogP contribution in [0.15, 0.2) is 40.7 Å². The first-order valence-corrected chi connectivity index (χ1v) is 9.03. The van der Waals surface area contributed by atoms with Crippen LogP contribution < -0.4 is 16.0 Å². The van der Waals surface area contributed by atoms with Gasteiger partial charge in [0.25, 0.3) is 0 Å². The van der Waals surface area contributed by atoms with Crippen molar-refractivity contribution in [2.45, 2.75) is 25.7 Å². The average Bonchev–Trinajstić information content (AvgIpc) is 3.13. The summed E-state index contributed by atoms with van der Waals surface area (Å²) in [5.41, 5.74) is 0.111. The van der Waals surface area contributed by atoms with Crippen LogP contribution in [0.5, 0.6) is 0 Å². The van der Waals surface area contributed by atoms with Crippen LogP contribution in [0.25, 0.3) is 0 Å². The molecule has 146 valence electrons. The number of guanidine groups is 1. The highest BCUT2D eigenvalue weighted by atomic mass is 32.1. The number of benzene rings is 1. The van der Waals surface area contributed by atoms with Crippen molar-refractivity contribution in [2.24, 2.45) is 4.99 Å². The molecule has 0 saturated carbocycles. The van der Waals surface area contributed by atoms with Crippen molar-refractivity contribution in [1.29, 1.82) is 0 Å². The van der Waals surface area contributed by atoms with Crippen LogP contribution in [0.1, 0.15) is 22.7 Å². The molecule has 0 aliphatic carbocycles. The number of rotatable bonds is 7. The fourth-order valence-corrected chi connectivity index (χ4v) is 2.82. The normalized spacial score (nSPS) is 11.9. The molecule has 3 N–H and O–H groups in total. The number of amides is 1. The number of nitrogens with one attached hydrogen (secondary N) is 3. The molecule has 1 amide bonds. The zero-order valence-corrected chi connectivity index (χ0v) is 15.5. The highest BCUT2D eigenvalue weighted by molar-refractivity contribution is 7.09. The maximum absolute atomic E-state index is 12.5. The van der Waals surface area contributed by atoms with E-state index < -0.39 is 11.9 Å². The van der Waals surface area contributed by atoms with Gasteiger partial charge in [0.1, 0.15) is 5.01 Å². The van der Waals surface area contributed by atoms with Gasteiger partial charge in [-0.05, 0) is 5.56 Å². The average molecular weight is 399 g/mol. The molecule has 2 rings (SSSR count). The summed E-state index contributed by atoms with van der Waals surface area (Å²) in [6.07, 6.45) is -4.20. The summed E-state index contributed by atoms with van der Waals surface area (Å²) in [5, 5.41) is 9.89. The van der Waals surface area contributed by atoms with Gasteiger partial charge in [0, 0.05) is 31.9 Å². The first-order chi connectivity index (χ1) is 12.9. The lowest BCUT2D eigenvalue weighted by Gasteiger charge is -2.11. The molecule has 0 fully saturated rings. The Hall–Kier alpha value is -2.62. The molecule has 1 aromatic carbocycles. The Morgan fingerprint density at radius 2 is 1.89 bits per heavy atom. The summed E-state index contributed by atoms with van der Waals surface area (Å²) in [6.45, 7) is 0.908. The summed E-state index contributed by atoms with van der Waals surface area (Å²) < 4.78 is 37.6. The van der Waals surface area contributed by atoms with Gasteiger partial charge in [-0.15, -0.1) is 11.3 Å². The second-order valence-electron chi connectivity index (χ2n) is 5.49. The van der Waals surface area contributed by atoms with Crippen molar-refractivity contribution in [1.82, 2.24) is 20.9 Å². The van der Waals surface area contributed by atoms with Crippen LogP contribution in [0.3, 0.4) is 0 Å². The van der Waals surface area contributed by atoms with E-state index in [9.17, 15) is 18.0 Å². The molecule has 0 atom stereocenters. The van der Waals surface area contributed by atoms with Crippen LogP contribution >= 0.6 is 11.3 Å². The Bertz CT molecular complexity index is 761. The van der Waals surface area contributed by atoms with Gasteiger partial charge in [-0.25, -0.2) is 4.98 Å². The second-order valence-corrected chi connectivity index (χ2v) is 6.43. The Morgan fingerprint density at radius 1 is 1.15 bits per heavy atom. The van der Waals surface area contributed by atoms with Gasteiger partial charge in [0.15, 0.2) is 11.7 Å². The van der Waals surface area contributed by atoms with E-state index in [2.05, 4.69) is 25.9 Å². The smallest absolute Gasteiger partial charge is 0.356 e. The van der Waals surface area contributed by atoms with Crippen molar-refractivity contribution in [3.8, 4) is 0 Å². The lowest BCUT2D eigenvalue weighted by molar-refractivity contribution is -0.140. The molecule has 1 heterocycles. The molecule has 0 aliphatic heterocycles. The molecule has 0 unspecified atom stereocenters. The van der Waals surface area contributed by atoms with Crippen molar-refractivity contribution < 1.29 is 18.0 Å². The maximum Gasteiger partial charge on any atom is 0.434 e. The fourth-order valence-electron chi connectivity index (χ4n) is 2.08. The Labute approximate surface area is 158 Å². The Kier molecular flexibility index (Phi) is 7.59. The van der Waals surface area contributed by atoms with E-state index in [1.54, 1.807) is 0 Å². The van der Waals surface area contributed by atoms with Gasteiger partial charge in [0.05, 0.1) is 6.54 Å². The number of carbonyl (C=O) groups excluding carboxylic acids is 1. The van der Waals surface area contributed by atoms with Crippen molar-refractivity contribution in [3.63, 3.8) is 0 Å². The quantitative estimate of drug-likeness (QED) is 0.494. The van der Waals surface area contributed by atoms with E-state index in [-0.39, 0.29) is 18.9 Å². The van der Waals surface area contributed by atoms with Crippen LogP contribution in [0.2, 0.25) is 0 Å². The van der Waals surface area contributed by atoms with Crippen molar-refractivity contribution in [3.05, 3.63) is 52.0 Å². The lowest BCUT2D eigenvalue weighted by Crippen LogP contribution is -2.38. The highest BCUT2D eigenvalue weighted by Gasteiger charge is 2.33. The third kappa shape index (κ3) is 7.26. The molecule has 27 heavy (non-hydrogen) atoms. The molecule has 10 heteroatoms. The standard InChI is InChI=1S/C17H20F3N5OS/c1-21-16(24-10-15-25-13(11-27-15)17(18,19)20)22-8-7-14(26)23-9-12-5-3-2-4-6-12/h2-6,11H,7-10H2,1H3,(H,23,26)(H2,21,22,24). The van der Waals surface area contributed by atoms with E-state index in [1.807, 2.05) is 30.3 Å². The maximum atomic E-state index is 12.5. The number of aromatic nitrogens is 1. The summed E-state index contributed by atoms with van der Waals surface area (Å²) in [6, 6.07) is 9.56. The van der Waals surface area contributed by atoms with E-state index in [4.69, 9.17) is 0 Å². The zero-order valence-electron chi connectivity index (χ0n) is 14.6. The second kappa shape index (κ2) is 9.91. The molecule has 6 nitrogen and oxygen atoms in total. The van der Waals surface area contributed by atoms with E-state index in [1.165, 1.54) is 7.05 Å². The summed E-state index contributed by atoms with van der Waals surface area (Å²) in [4.78, 5) is 19.3. The predicted molar refractivity (Wildman–Crippen MR) is 98.2 cm³/mol. The first kappa shape index (κ1) is 20.7. The number of hydrogen-bond donors (Lipinski definition) is 3. The van der Waals surface area contributed by atoms with Gasteiger partial charge in [-0.3, -0.25) is 9.79 Å². The number of nitrogens with zero attached hydrogens (tertiary/aromatic N) is 2. The molecule has 1 aromatic heterocycles. The predicted octanol–water partition coefficient (Wildman–Crippen LogP) is 2.53. The summed E-state index contributed by atoms with van der Waals surface area (Å²) in [5.74, 6) is 0.270. The molecule has 0 bridgehead atoms. The third-order valence-electron chi connectivity index (χ3n) is 3.45. The SMILES string of the molecule is CN=C(NCCC(=O)NCc1ccccc1)NCc1nc(C(F)(F)F)cs1. The molecule has 0 aliphatic rings. The van der Waals surface area contributed by atoms with Gasteiger partial charge in [0.2, 0.25) is 5.91 Å². The Balaban J connectivity index is 1.68. The number of alkyl halides is 3. The number of carbonyl (C=O) groups is 1. The van der Waals surface area contributed by atoms with Crippen LogP contribution in [-0.2, 0) is 24.1 Å². The van der Waals surface area contributed by atoms with E-state index in [0.717, 1.165) is 22.3 Å². The van der Waals surface area contributed by atoms with Crippen molar-refractivity contribution in [2.75, 3.05) is 13.6 Å². The molecular weight excluding hydrogens is 379 g/mol. The molecule has 0 saturated heterocycles. The molecule has 2 aromatic rings. The van der Waals surface area contributed by atoms with Gasteiger partial charge in [-0.2, -0.15) is 13.2 Å². The van der Waals surface area contributed by atoms with Crippen LogP contribution in [0, 0.1) is 0 Å². The van der Waals surface area contributed by atoms with Gasteiger partial charge in [-0.1, -0.05) is 30.3 Å². The molecular formula is C17H20F3N5OS. The van der Waals surface area contributed by atoms with Crippen molar-refractivity contribution >= 4 is 23.2 Å². The minimum Gasteiger partial charge on any atom is -0.356 e. The minimum absolute atomic E-state index is 0.112. The number of hydrogen-bond acceptors (Lipinski definition) is 4. The highest BCUT2D eigenvalue weighted by Crippen LogP contribution is 2.29. The number of thiazole rings is 1. The largest absolute Gasteiger partial charge is 0.434 e. The summed E-state index contributed by atoms with van der Waals surface area (Å²) >= 11 is 0.922. The zero-order chi connectivity index (χ0) is 19.7. The minimum atomic E-state index is -4.44. The van der Waals surface area contributed by atoms with Gasteiger partial charge >= 0.3 is 6.18 Å². The van der Waals surface area contributed by atoms with E-state index in [0.29, 0.717) is 24.1 Å². The first-order valence-electron chi connectivity index (χ1n) is 8.15. The topological polar surface area (TPSA) is 78.4 Å². The monoisotopic (exact) mass is 399 g/mol. The van der Waals surface area contributed by atoms with Crippen LogP contribution in [0.4, 0.5) is 13.2 Å². The van der Waals surface area contributed by atoms with E-state index >= 15 is 0 Å². The van der Waals surface area contributed by atoms with Gasteiger partial charge < -0.3 is 16.0 Å². The van der Waals surface area contributed by atoms with Crippen LogP contribution in [-0.4, -0.2) is 30.4 Å². The molecule has 0 spiro atoms.